The molecule has 2 rings (SSSR count). The van der Waals surface area contributed by atoms with Gasteiger partial charge in [0.15, 0.2) is 0 Å². The highest BCUT2D eigenvalue weighted by atomic mass is 16.6. The van der Waals surface area contributed by atoms with E-state index in [2.05, 4.69) is 5.32 Å². The number of amides is 1. The molecule has 1 amide bonds. The lowest BCUT2D eigenvalue weighted by Gasteiger charge is -2.29. The molecule has 2 unspecified atom stereocenters. The van der Waals surface area contributed by atoms with Crippen LogP contribution in [0.25, 0.3) is 0 Å². The van der Waals surface area contributed by atoms with Crippen LogP contribution in [0, 0.1) is 16.0 Å². The van der Waals surface area contributed by atoms with Gasteiger partial charge in [0.2, 0.25) is 5.91 Å². The van der Waals surface area contributed by atoms with Crippen molar-refractivity contribution in [3.05, 3.63) is 39.9 Å². The molecule has 6 nitrogen and oxygen atoms in total. The van der Waals surface area contributed by atoms with Gasteiger partial charge in [0, 0.05) is 12.1 Å². The number of benzene rings is 1. The molecule has 0 saturated heterocycles. The highest BCUT2D eigenvalue weighted by molar-refractivity contribution is 5.80. The van der Waals surface area contributed by atoms with Crippen molar-refractivity contribution in [1.29, 1.82) is 0 Å². The molecular weight excluding hydrogens is 272 g/mol. The topological polar surface area (TPSA) is 92.5 Å². The predicted molar refractivity (Wildman–Crippen MR) is 77.6 cm³/mol. The first-order valence-corrected chi connectivity index (χ1v) is 7.06. The van der Waals surface area contributed by atoms with Gasteiger partial charge >= 0.3 is 0 Å². The molecule has 0 aromatic heterocycles. The number of nitro groups is 1. The third kappa shape index (κ3) is 3.39. The first kappa shape index (κ1) is 15.4. The summed E-state index contributed by atoms with van der Waals surface area (Å²) in [5.41, 5.74) is 0.162. The Morgan fingerprint density at radius 2 is 1.95 bits per heavy atom. The van der Waals surface area contributed by atoms with Crippen LogP contribution in [-0.2, 0) is 10.3 Å². The second kappa shape index (κ2) is 5.81. The molecular formula is C15H20N2O4. The molecule has 0 spiro atoms. The Labute approximate surface area is 123 Å². The Hall–Kier alpha value is -1.95. The summed E-state index contributed by atoms with van der Waals surface area (Å²) in [5.74, 6) is -0.523. The molecule has 1 aromatic rings. The summed E-state index contributed by atoms with van der Waals surface area (Å²) in [6.45, 7) is 3.68. The van der Waals surface area contributed by atoms with Gasteiger partial charge in [-0.15, -0.1) is 0 Å². The van der Waals surface area contributed by atoms with Crippen molar-refractivity contribution < 1.29 is 14.8 Å². The SMILES string of the molecule is CC(C)(NC(=O)C1CCCC1O)c1ccc([N+](=O)[O-])cc1. The zero-order valence-corrected chi connectivity index (χ0v) is 12.2. The van der Waals surface area contributed by atoms with E-state index >= 15 is 0 Å². The van der Waals surface area contributed by atoms with Crippen LogP contribution in [0.4, 0.5) is 5.69 Å². The van der Waals surface area contributed by atoms with Gasteiger partial charge in [-0.3, -0.25) is 14.9 Å². The average molecular weight is 292 g/mol. The maximum atomic E-state index is 12.2. The molecule has 114 valence electrons. The minimum atomic E-state index is -0.644. The monoisotopic (exact) mass is 292 g/mol. The van der Waals surface area contributed by atoms with Crippen molar-refractivity contribution in [2.75, 3.05) is 0 Å². The lowest BCUT2D eigenvalue weighted by molar-refractivity contribution is -0.384. The maximum Gasteiger partial charge on any atom is 0.269 e. The van der Waals surface area contributed by atoms with Crippen molar-refractivity contribution in [2.45, 2.75) is 44.8 Å². The molecule has 0 bridgehead atoms. The number of hydrogen-bond acceptors (Lipinski definition) is 4. The van der Waals surface area contributed by atoms with Crippen molar-refractivity contribution in [1.82, 2.24) is 5.32 Å². The highest BCUT2D eigenvalue weighted by Crippen LogP contribution is 2.28. The molecule has 1 fully saturated rings. The number of nitro benzene ring substituents is 1. The Kier molecular flexibility index (Phi) is 4.27. The van der Waals surface area contributed by atoms with Crippen LogP contribution in [0.3, 0.4) is 0 Å². The third-order valence-electron chi connectivity index (χ3n) is 4.05. The van der Waals surface area contributed by atoms with Crippen molar-refractivity contribution >= 4 is 11.6 Å². The van der Waals surface area contributed by atoms with Gasteiger partial charge < -0.3 is 10.4 Å². The number of hydrogen-bond donors (Lipinski definition) is 2. The van der Waals surface area contributed by atoms with E-state index in [-0.39, 0.29) is 17.5 Å². The normalized spacial score (nSPS) is 22.0. The van der Waals surface area contributed by atoms with E-state index in [0.29, 0.717) is 12.8 Å². The van der Waals surface area contributed by atoms with Gasteiger partial charge in [0.25, 0.3) is 5.69 Å². The van der Waals surface area contributed by atoms with Crippen molar-refractivity contribution in [3.63, 3.8) is 0 Å². The quantitative estimate of drug-likeness (QED) is 0.656. The molecule has 0 heterocycles. The molecule has 1 aliphatic rings. The fourth-order valence-electron chi connectivity index (χ4n) is 2.72. The number of carbonyl (C=O) groups is 1. The summed E-state index contributed by atoms with van der Waals surface area (Å²) in [5, 5.41) is 23.4. The summed E-state index contributed by atoms with van der Waals surface area (Å²) in [6.07, 6.45) is 1.65. The molecule has 0 aliphatic heterocycles. The zero-order valence-electron chi connectivity index (χ0n) is 12.2. The van der Waals surface area contributed by atoms with E-state index < -0.39 is 16.6 Å². The fraction of sp³-hybridized carbons (Fsp3) is 0.533. The van der Waals surface area contributed by atoms with E-state index in [1.807, 2.05) is 13.8 Å². The first-order valence-electron chi connectivity index (χ1n) is 7.06. The fourth-order valence-corrected chi connectivity index (χ4v) is 2.72. The second-order valence-corrected chi connectivity index (χ2v) is 6.02. The number of carbonyl (C=O) groups excluding carboxylic acids is 1. The Morgan fingerprint density at radius 3 is 2.43 bits per heavy atom. The molecule has 21 heavy (non-hydrogen) atoms. The summed E-state index contributed by atoms with van der Waals surface area (Å²) in [7, 11) is 0. The van der Waals surface area contributed by atoms with Gasteiger partial charge in [-0.1, -0.05) is 0 Å². The maximum absolute atomic E-state index is 12.2. The summed E-state index contributed by atoms with van der Waals surface area (Å²) in [6, 6.07) is 6.13. The highest BCUT2D eigenvalue weighted by Gasteiger charge is 2.34. The van der Waals surface area contributed by atoms with Crippen LogP contribution in [-0.4, -0.2) is 22.0 Å². The Bertz CT molecular complexity index is 539. The molecule has 1 aromatic carbocycles. The minimum Gasteiger partial charge on any atom is -0.392 e. The van der Waals surface area contributed by atoms with Crippen LogP contribution >= 0.6 is 0 Å². The third-order valence-corrected chi connectivity index (χ3v) is 4.05. The standard InChI is InChI=1S/C15H20N2O4/c1-15(2,10-6-8-11(9-7-10)17(20)21)16-14(19)12-4-3-5-13(12)18/h6-9,12-13,18H,3-5H2,1-2H3,(H,16,19). The number of non-ortho nitro benzene ring substituents is 1. The van der Waals surface area contributed by atoms with Gasteiger partial charge in [-0.05, 0) is 50.8 Å². The van der Waals surface area contributed by atoms with Gasteiger partial charge in [0.1, 0.15) is 0 Å². The van der Waals surface area contributed by atoms with Crippen LogP contribution in [0.2, 0.25) is 0 Å². The summed E-state index contributed by atoms with van der Waals surface area (Å²) < 4.78 is 0. The smallest absolute Gasteiger partial charge is 0.269 e. The zero-order chi connectivity index (χ0) is 15.6. The molecule has 0 radical (unpaired) electrons. The lowest BCUT2D eigenvalue weighted by atomic mass is 9.92. The van der Waals surface area contributed by atoms with Crippen LogP contribution in [0.1, 0.15) is 38.7 Å². The van der Waals surface area contributed by atoms with Crippen LogP contribution in [0.15, 0.2) is 24.3 Å². The second-order valence-electron chi connectivity index (χ2n) is 6.02. The first-order chi connectivity index (χ1) is 9.81. The van der Waals surface area contributed by atoms with E-state index in [1.54, 1.807) is 12.1 Å². The minimum absolute atomic E-state index is 0.0205. The number of aliphatic hydroxyl groups is 1. The van der Waals surface area contributed by atoms with E-state index in [4.69, 9.17) is 0 Å². The summed E-state index contributed by atoms with van der Waals surface area (Å²) in [4.78, 5) is 22.4. The molecule has 2 N–H and O–H groups in total. The molecule has 6 heteroatoms. The molecule has 1 aliphatic carbocycles. The van der Waals surface area contributed by atoms with E-state index in [0.717, 1.165) is 12.0 Å². The van der Waals surface area contributed by atoms with Crippen LogP contribution < -0.4 is 5.32 Å². The summed E-state index contributed by atoms with van der Waals surface area (Å²) >= 11 is 0. The predicted octanol–water partition coefficient (Wildman–Crippen LogP) is 2.11. The van der Waals surface area contributed by atoms with E-state index in [9.17, 15) is 20.0 Å². The lowest BCUT2D eigenvalue weighted by Crippen LogP contribution is -2.45. The van der Waals surface area contributed by atoms with Crippen molar-refractivity contribution in [3.8, 4) is 0 Å². The largest absolute Gasteiger partial charge is 0.392 e. The van der Waals surface area contributed by atoms with Gasteiger partial charge in [0.05, 0.1) is 22.5 Å². The van der Waals surface area contributed by atoms with Gasteiger partial charge in [-0.25, -0.2) is 0 Å². The molecule has 2 atom stereocenters. The number of rotatable bonds is 4. The average Bonchev–Trinajstić information content (AvgIpc) is 2.84. The Morgan fingerprint density at radius 1 is 1.33 bits per heavy atom. The molecule has 1 saturated carbocycles. The number of aliphatic hydroxyl groups excluding tert-OH is 1. The van der Waals surface area contributed by atoms with Gasteiger partial charge in [-0.2, -0.15) is 0 Å². The Balaban J connectivity index is 2.10. The number of nitrogens with zero attached hydrogens (tertiary/aromatic N) is 1. The van der Waals surface area contributed by atoms with E-state index in [1.165, 1.54) is 12.1 Å². The number of nitrogens with one attached hydrogen (secondary N) is 1. The van der Waals surface area contributed by atoms with Crippen LogP contribution in [0.5, 0.6) is 0 Å². The van der Waals surface area contributed by atoms with Crippen molar-refractivity contribution in [2.24, 2.45) is 5.92 Å².